The van der Waals surface area contributed by atoms with Gasteiger partial charge in [0.05, 0.1) is 14.2 Å². The van der Waals surface area contributed by atoms with Crippen molar-refractivity contribution in [3.05, 3.63) is 58.5 Å². The SMILES string of the molecule is COc1cccc(OC)c1C(=O)Nc1ccc(C(CCC(=O)O)N=O)cc1. The first kappa shape index (κ1) is 19.9. The second-order valence-electron chi connectivity index (χ2n) is 5.67. The van der Waals surface area contributed by atoms with Gasteiger partial charge in [-0.05, 0) is 36.2 Å². The molecule has 0 bridgehead atoms. The molecule has 0 aliphatic heterocycles. The predicted octanol–water partition coefficient (Wildman–Crippen LogP) is 3.63. The van der Waals surface area contributed by atoms with Crippen LogP contribution in [0.1, 0.15) is 34.8 Å². The van der Waals surface area contributed by atoms with Gasteiger partial charge in [-0.15, -0.1) is 0 Å². The number of benzene rings is 2. The van der Waals surface area contributed by atoms with Crippen LogP contribution in [0.5, 0.6) is 11.5 Å². The fourth-order valence-electron chi connectivity index (χ4n) is 2.60. The predicted molar refractivity (Wildman–Crippen MR) is 99.3 cm³/mol. The minimum atomic E-state index is -0.988. The largest absolute Gasteiger partial charge is 0.496 e. The number of hydrogen-bond acceptors (Lipinski definition) is 6. The molecule has 142 valence electrons. The Morgan fingerprint density at radius 1 is 1.07 bits per heavy atom. The first-order chi connectivity index (χ1) is 13.0. The maximum Gasteiger partial charge on any atom is 0.303 e. The van der Waals surface area contributed by atoms with Crippen LogP contribution in [0.4, 0.5) is 5.69 Å². The zero-order chi connectivity index (χ0) is 19.8. The highest BCUT2D eigenvalue weighted by atomic mass is 16.5. The van der Waals surface area contributed by atoms with Gasteiger partial charge in [-0.2, -0.15) is 4.91 Å². The third-order valence-electron chi connectivity index (χ3n) is 3.97. The highest BCUT2D eigenvalue weighted by Crippen LogP contribution is 2.29. The summed E-state index contributed by atoms with van der Waals surface area (Å²) in [6.07, 6.45) is -0.0363. The lowest BCUT2D eigenvalue weighted by atomic mass is 10.0. The van der Waals surface area contributed by atoms with Gasteiger partial charge in [0.1, 0.15) is 23.1 Å². The van der Waals surface area contributed by atoms with E-state index in [9.17, 15) is 14.5 Å². The van der Waals surface area contributed by atoms with Crippen molar-refractivity contribution < 1.29 is 24.2 Å². The molecule has 27 heavy (non-hydrogen) atoms. The molecule has 0 fully saturated rings. The number of nitroso groups, excluding NO2 is 1. The summed E-state index contributed by atoms with van der Waals surface area (Å²) >= 11 is 0. The average molecular weight is 372 g/mol. The smallest absolute Gasteiger partial charge is 0.303 e. The van der Waals surface area contributed by atoms with Gasteiger partial charge in [0.15, 0.2) is 0 Å². The van der Waals surface area contributed by atoms with E-state index in [-0.39, 0.29) is 18.4 Å². The van der Waals surface area contributed by atoms with Crippen LogP contribution in [0.3, 0.4) is 0 Å². The van der Waals surface area contributed by atoms with Crippen molar-refractivity contribution in [1.82, 2.24) is 0 Å². The fourth-order valence-corrected chi connectivity index (χ4v) is 2.60. The first-order valence-electron chi connectivity index (χ1n) is 8.16. The molecule has 0 aliphatic rings. The van der Waals surface area contributed by atoms with E-state index in [1.807, 2.05) is 0 Å². The van der Waals surface area contributed by atoms with Crippen LogP contribution < -0.4 is 14.8 Å². The summed E-state index contributed by atoms with van der Waals surface area (Å²) in [5.74, 6) is -0.643. The molecule has 8 heteroatoms. The molecule has 0 saturated heterocycles. The van der Waals surface area contributed by atoms with Crippen molar-refractivity contribution in [2.45, 2.75) is 18.9 Å². The van der Waals surface area contributed by atoms with Crippen LogP contribution in [0, 0.1) is 4.91 Å². The zero-order valence-corrected chi connectivity index (χ0v) is 15.0. The molecular weight excluding hydrogens is 352 g/mol. The van der Waals surface area contributed by atoms with E-state index in [1.54, 1.807) is 42.5 Å². The van der Waals surface area contributed by atoms with Gasteiger partial charge >= 0.3 is 5.97 Å². The number of nitrogens with zero attached hydrogens (tertiary/aromatic N) is 1. The second-order valence-corrected chi connectivity index (χ2v) is 5.67. The Kier molecular flexibility index (Phi) is 6.87. The van der Waals surface area contributed by atoms with Gasteiger partial charge in [0.25, 0.3) is 5.91 Å². The Balaban J connectivity index is 2.16. The quantitative estimate of drug-likeness (QED) is 0.650. The molecule has 0 aromatic heterocycles. The highest BCUT2D eigenvalue weighted by Gasteiger charge is 2.19. The minimum absolute atomic E-state index is 0.114. The van der Waals surface area contributed by atoms with Crippen molar-refractivity contribution >= 4 is 17.6 Å². The first-order valence-corrected chi connectivity index (χ1v) is 8.16. The van der Waals surface area contributed by atoms with E-state index >= 15 is 0 Å². The summed E-state index contributed by atoms with van der Waals surface area (Å²) in [5, 5.41) is 14.5. The van der Waals surface area contributed by atoms with Crippen LogP contribution in [0.15, 0.2) is 47.6 Å². The van der Waals surface area contributed by atoms with Gasteiger partial charge in [-0.1, -0.05) is 23.4 Å². The molecule has 2 aromatic carbocycles. The van der Waals surface area contributed by atoms with E-state index in [1.165, 1.54) is 14.2 Å². The summed E-state index contributed by atoms with van der Waals surface area (Å²) < 4.78 is 10.4. The summed E-state index contributed by atoms with van der Waals surface area (Å²) in [5.41, 5.74) is 1.35. The number of amides is 1. The number of nitrogens with one attached hydrogen (secondary N) is 1. The molecule has 1 unspecified atom stereocenters. The lowest BCUT2D eigenvalue weighted by Gasteiger charge is -2.13. The number of ether oxygens (including phenoxy) is 2. The Morgan fingerprint density at radius 3 is 2.15 bits per heavy atom. The fraction of sp³-hybridized carbons (Fsp3) is 0.263. The van der Waals surface area contributed by atoms with Gasteiger partial charge in [0.2, 0.25) is 0 Å². The Bertz CT molecular complexity index is 797. The molecule has 8 nitrogen and oxygen atoms in total. The Labute approximate surface area is 156 Å². The molecular formula is C19H20N2O6. The van der Waals surface area contributed by atoms with Crippen LogP contribution >= 0.6 is 0 Å². The molecule has 0 radical (unpaired) electrons. The Morgan fingerprint density at radius 2 is 1.67 bits per heavy atom. The standard InChI is InChI=1S/C19H20N2O6/c1-26-15-4-3-5-16(27-2)18(15)19(24)20-13-8-6-12(7-9-13)14(21-25)10-11-17(22)23/h3-9,14H,10-11H2,1-2H3,(H,20,24)(H,22,23). The van der Waals surface area contributed by atoms with E-state index in [0.717, 1.165) is 0 Å². The number of aliphatic carboxylic acids is 1. The lowest BCUT2D eigenvalue weighted by Crippen LogP contribution is -2.14. The average Bonchev–Trinajstić information content (AvgIpc) is 2.68. The normalized spacial score (nSPS) is 11.3. The minimum Gasteiger partial charge on any atom is -0.496 e. The molecule has 0 saturated carbocycles. The topological polar surface area (TPSA) is 114 Å². The monoisotopic (exact) mass is 372 g/mol. The zero-order valence-electron chi connectivity index (χ0n) is 15.0. The molecule has 0 heterocycles. The summed E-state index contributed by atoms with van der Waals surface area (Å²) in [7, 11) is 2.92. The van der Waals surface area contributed by atoms with Crippen molar-refractivity contribution in [3.8, 4) is 11.5 Å². The van der Waals surface area contributed by atoms with Gasteiger partial charge < -0.3 is 19.9 Å². The van der Waals surface area contributed by atoms with E-state index < -0.39 is 17.9 Å². The van der Waals surface area contributed by atoms with Crippen LogP contribution in [-0.4, -0.2) is 31.2 Å². The van der Waals surface area contributed by atoms with Gasteiger partial charge in [-0.3, -0.25) is 9.59 Å². The number of hydrogen-bond donors (Lipinski definition) is 2. The van der Waals surface area contributed by atoms with Crippen molar-refractivity contribution in [2.24, 2.45) is 5.18 Å². The molecule has 2 aromatic rings. The number of carbonyl (C=O) groups is 2. The molecule has 2 N–H and O–H groups in total. The summed E-state index contributed by atoms with van der Waals surface area (Å²) in [4.78, 5) is 34.2. The molecule has 0 aliphatic carbocycles. The molecule has 1 amide bonds. The van der Waals surface area contributed by atoms with E-state index in [4.69, 9.17) is 14.6 Å². The van der Waals surface area contributed by atoms with E-state index in [2.05, 4.69) is 10.5 Å². The Hall–Kier alpha value is -3.42. The summed E-state index contributed by atoms with van der Waals surface area (Å²) in [6, 6.07) is 10.8. The maximum absolute atomic E-state index is 12.6. The molecule has 0 spiro atoms. The number of methoxy groups -OCH3 is 2. The van der Waals surface area contributed by atoms with Crippen LogP contribution in [0.25, 0.3) is 0 Å². The van der Waals surface area contributed by atoms with Crippen molar-refractivity contribution in [1.29, 1.82) is 0 Å². The highest BCUT2D eigenvalue weighted by molar-refractivity contribution is 6.08. The van der Waals surface area contributed by atoms with Gasteiger partial charge in [0, 0.05) is 12.1 Å². The number of rotatable bonds is 9. The van der Waals surface area contributed by atoms with Crippen LogP contribution in [0.2, 0.25) is 0 Å². The third kappa shape index (κ3) is 5.04. The van der Waals surface area contributed by atoms with E-state index in [0.29, 0.717) is 22.7 Å². The maximum atomic E-state index is 12.6. The van der Waals surface area contributed by atoms with Gasteiger partial charge in [-0.25, -0.2) is 0 Å². The number of anilines is 1. The molecule has 1 atom stereocenters. The third-order valence-corrected chi connectivity index (χ3v) is 3.97. The van der Waals surface area contributed by atoms with Crippen molar-refractivity contribution in [3.63, 3.8) is 0 Å². The lowest BCUT2D eigenvalue weighted by molar-refractivity contribution is -0.137. The number of carbonyl (C=O) groups excluding carboxylic acids is 1. The number of carboxylic acid groups (broad SMARTS) is 1. The van der Waals surface area contributed by atoms with Crippen molar-refractivity contribution in [2.75, 3.05) is 19.5 Å². The van der Waals surface area contributed by atoms with Crippen LogP contribution in [-0.2, 0) is 4.79 Å². The molecule has 2 rings (SSSR count). The number of carboxylic acids is 1. The second kappa shape index (κ2) is 9.33. The summed E-state index contributed by atoms with van der Waals surface area (Å²) in [6.45, 7) is 0.